The Morgan fingerprint density at radius 1 is 1.29 bits per heavy atom. The highest BCUT2D eigenvalue weighted by molar-refractivity contribution is 6.02. The fourth-order valence-electron chi connectivity index (χ4n) is 1.96. The molecule has 0 heterocycles. The number of hydrogen-bond donors (Lipinski definition) is 1. The number of rotatable bonds is 6. The molecule has 17 heavy (non-hydrogen) atoms. The standard InChI is InChI=1S/C13H25N3O/c1-4-10-15-12-9-7-8-11(12)13(14)17-16(5-2)6-3/h4-10,14H2,1-3H3/b13-11+,15-12?. The smallest absolute Gasteiger partial charge is 0.214 e. The highest BCUT2D eigenvalue weighted by Gasteiger charge is 2.20. The Morgan fingerprint density at radius 3 is 2.59 bits per heavy atom. The van der Waals surface area contributed by atoms with E-state index >= 15 is 0 Å². The molecule has 0 spiro atoms. The molecule has 1 rings (SSSR count). The van der Waals surface area contributed by atoms with Crippen LogP contribution >= 0.6 is 0 Å². The third-order valence-corrected chi connectivity index (χ3v) is 2.95. The summed E-state index contributed by atoms with van der Waals surface area (Å²) in [5, 5.41) is 1.86. The van der Waals surface area contributed by atoms with Gasteiger partial charge in [0.05, 0.1) is 0 Å². The Bertz CT molecular complexity index is 293. The zero-order valence-corrected chi connectivity index (χ0v) is 11.3. The Labute approximate surface area is 104 Å². The van der Waals surface area contributed by atoms with Crippen LogP contribution in [0.2, 0.25) is 0 Å². The molecule has 4 nitrogen and oxygen atoms in total. The first-order valence-corrected chi connectivity index (χ1v) is 6.68. The highest BCUT2D eigenvalue weighted by Crippen LogP contribution is 2.24. The van der Waals surface area contributed by atoms with Crippen LogP contribution < -0.4 is 5.73 Å². The molecule has 0 saturated heterocycles. The second-order valence-corrected chi connectivity index (χ2v) is 4.23. The van der Waals surface area contributed by atoms with Crippen LogP contribution in [0.4, 0.5) is 0 Å². The van der Waals surface area contributed by atoms with Gasteiger partial charge in [-0.3, -0.25) is 4.99 Å². The molecule has 4 heteroatoms. The molecule has 2 N–H and O–H groups in total. The molecule has 0 amide bonds. The van der Waals surface area contributed by atoms with Crippen molar-refractivity contribution in [2.45, 2.75) is 46.5 Å². The average molecular weight is 239 g/mol. The van der Waals surface area contributed by atoms with E-state index < -0.39 is 0 Å². The van der Waals surface area contributed by atoms with Crippen molar-refractivity contribution in [3.8, 4) is 0 Å². The van der Waals surface area contributed by atoms with Gasteiger partial charge in [-0.15, -0.1) is 5.06 Å². The predicted molar refractivity (Wildman–Crippen MR) is 71.7 cm³/mol. The molecule has 0 unspecified atom stereocenters. The summed E-state index contributed by atoms with van der Waals surface area (Å²) in [6.45, 7) is 8.82. The molecule has 1 aliphatic carbocycles. The third kappa shape index (κ3) is 4.04. The van der Waals surface area contributed by atoms with Crippen LogP contribution in [0.5, 0.6) is 0 Å². The van der Waals surface area contributed by atoms with E-state index in [1.807, 2.05) is 5.06 Å². The van der Waals surface area contributed by atoms with Gasteiger partial charge in [-0.05, 0) is 39.5 Å². The number of hydroxylamine groups is 2. The van der Waals surface area contributed by atoms with E-state index in [2.05, 4.69) is 25.8 Å². The van der Waals surface area contributed by atoms with Gasteiger partial charge in [-0.1, -0.05) is 6.92 Å². The third-order valence-electron chi connectivity index (χ3n) is 2.95. The van der Waals surface area contributed by atoms with Gasteiger partial charge in [0.15, 0.2) is 0 Å². The van der Waals surface area contributed by atoms with Crippen LogP contribution in [0, 0.1) is 0 Å². The molecule has 0 aromatic heterocycles. The van der Waals surface area contributed by atoms with Crippen LogP contribution in [0.1, 0.15) is 46.5 Å². The lowest BCUT2D eigenvalue weighted by Gasteiger charge is -2.20. The molecular weight excluding hydrogens is 214 g/mol. The fourth-order valence-corrected chi connectivity index (χ4v) is 1.96. The van der Waals surface area contributed by atoms with E-state index in [9.17, 15) is 0 Å². The minimum Gasteiger partial charge on any atom is -0.388 e. The SMILES string of the molecule is CCCN=C1CCC/C1=C(/N)ON(CC)CC. The van der Waals surface area contributed by atoms with E-state index in [4.69, 9.17) is 10.6 Å². The van der Waals surface area contributed by atoms with Crippen molar-refractivity contribution in [1.82, 2.24) is 5.06 Å². The summed E-state index contributed by atoms with van der Waals surface area (Å²) in [4.78, 5) is 10.2. The number of aliphatic imine (C=N–C) groups is 1. The first-order valence-electron chi connectivity index (χ1n) is 6.68. The first kappa shape index (κ1) is 14.0. The quantitative estimate of drug-likeness (QED) is 0.572. The van der Waals surface area contributed by atoms with Gasteiger partial charge in [0.1, 0.15) is 0 Å². The van der Waals surface area contributed by atoms with Gasteiger partial charge in [0.25, 0.3) is 0 Å². The van der Waals surface area contributed by atoms with Crippen LogP contribution in [-0.4, -0.2) is 30.4 Å². The Kier molecular flexibility index (Phi) is 6.05. The van der Waals surface area contributed by atoms with E-state index in [0.29, 0.717) is 5.88 Å². The molecular formula is C13H25N3O. The van der Waals surface area contributed by atoms with Crippen LogP contribution in [0.15, 0.2) is 16.4 Å². The van der Waals surface area contributed by atoms with Gasteiger partial charge in [0, 0.05) is 30.9 Å². The lowest BCUT2D eigenvalue weighted by Crippen LogP contribution is -2.26. The van der Waals surface area contributed by atoms with Crippen molar-refractivity contribution in [1.29, 1.82) is 0 Å². The molecule has 0 aliphatic heterocycles. The Balaban J connectivity index is 2.72. The average Bonchev–Trinajstić information content (AvgIpc) is 2.81. The summed E-state index contributed by atoms with van der Waals surface area (Å²) in [6.07, 6.45) is 4.25. The maximum absolute atomic E-state index is 6.03. The second-order valence-electron chi connectivity index (χ2n) is 4.23. The minimum atomic E-state index is 0.543. The molecule has 0 aromatic rings. The summed E-state index contributed by atoms with van der Waals surface area (Å²) in [5.41, 5.74) is 8.29. The summed E-state index contributed by atoms with van der Waals surface area (Å²) >= 11 is 0. The van der Waals surface area contributed by atoms with Gasteiger partial charge in [0.2, 0.25) is 5.88 Å². The molecule has 1 aliphatic rings. The molecule has 0 atom stereocenters. The van der Waals surface area contributed by atoms with Crippen LogP contribution in [-0.2, 0) is 4.84 Å². The Hall–Kier alpha value is -1.03. The topological polar surface area (TPSA) is 50.9 Å². The highest BCUT2D eigenvalue weighted by atomic mass is 16.7. The van der Waals surface area contributed by atoms with E-state index in [0.717, 1.165) is 56.6 Å². The van der Waals surface area contributed by atoms with Gasteiger partial charge in [-0.25, -0.2) is 0 Å². The number of nitrogens with two attached hydrogens (primary N) is 1. The van der Waals surface area contributed by atoms with Crippen molar-refractivity contribution in [3.05, 3.63) is 11.5 Å². The van der Waals surface area contributed by atoms with Crippen molar-refractivity contribution < 1.29 is 4.84 Å². The maximum atomic E-state index is 6.03. The lowest BCUT2D eigenvalue weighted by atomic mass is 10.2. The van der Waals surface area contributed by atoms with Crippen molar-refractivity contribution >= 4 is 5.71 Å². The molecule has 0 radical (unpaired) electrons. The second kappa shape index (κ2) is 7.33. The first-order chi connectivity index (χ1) is 8.22. The molecule has 0 aromatic carbocycles. The molecule has 0 bridgehead atoms. The number of nitrogens with zero attached hydrogens (tertiary/aromatic N) is 2. The van der Waals surface area contributed by atoms with E-state index in [1.54, 1.807) is 0 Å². The lowest BCUT2D eigenvalue weighted by molar-refractivity contribution is -0.114. The van der Waals surface area contributed by atoms with Crippen LogP contribution in [0.3, 0.4) is 0 Å². The number of hydrogen-bond acceptors (Lipinski definition) is 4. The van der Waals surface area contributed by atoms with E-state index in [-0.39, 0.29) is 0 Å². The summed E-state index contributed by atoms with van der Waals surface area (Å²) < 4.78 is 0. The predicted octanol–water partition coefficient (Wildman–Crippen LogP) is 2.47. The van der Waals surface area contributed by atoms with Gasteiger partial charge >= 0.3 is 0 Å². The molecule has 1 saturated carbocycles. The fraction of sp³-hybridized carbons (Fsp3) is 0.769. The van der Waals surface area contributed by atoms with Crippen molar-refractivity contribution in [2.24, 2.45) is 10.7 Å². The van der Waals surface area contributed by atoms with Crippen molar-refractivity contribution in [3.63, 3.8) is 0 Å². The largest absolute Gasteiger partial charge is 0.388 e. The summed E-state index contributed by atoms with van der Waals surface area (Å²) in [7, 11) is 0. The number of allylic oxidation sites excluding steroid dienone is 1. The summed E-state index contributed by atoms with van der Waals surface area (Å²) in [6, 6.07) is 0. The van der Waals surface area contributed by atoms with E-state index in [1.165, 1.54) is 0 Å². The zero-order valence-electron chi connectivity index (χ0n) is 11.3. The van der Waals surface area contributed by atoms with Crippen LogP contribution in [0.25, 0.3) is 0 Å². The van der Waals surface area contributed by atoms with Crippen molar-refractivity contribution in [2.75, 3.05) is 19.6 Å². The molecule has 1 fully saturated rings. The summed E-state index contributed by atoms with van der Waals surface area (Å²) in [5.74, 6) is 0.543. The maximum Gasteiger partial charge on any atom is 0.214 e. The van der Waals surface area contributed by atoms with Gasteiger partial charge < -0.3 is 10.6 Å². The monoisotopic (exact) mass is 239 g/mol. The normalized spacial score (nSPS) is 21.3. The molecule has 98 valence electrons. The minimum absolute atomic E-state index is 0.543. The van der Waals surface area contributed by atoms with Gasteiger partial charge in [-0.2, -0.15) is 0 Å². The Morgan fingerprint density at radius 2 is 2.00 bits per heavy atom. The zero-order chi connectivity index (χ0) is 12.7.